The van der Waals surface area contributed by atoms with Crippen LogP contribution in [0.5, 0.6) is 0 Å². The number of rotatable bonds is 18. The molecule has 2 aliphatic rings. The van der Waals surface area contributed by atoms with Gasteiger partial charge in [-0.15, -0.1) is 0 Å². The van der Waals surface area contributed by atoms with Crippen LogP contribution in [0.25, 0.3) is 0 Å². The van der Waals surface area contributed by atoms with Gasteiger partial charge in [0.25, 0.3) is 41.4 Å². The first-order valence-electron chi connectivity index (χ1n) is 26.9. The zero-order valence-electron chi connectivity index (χ0n) is 47.5. The summed E-state index contributed by atoms with van der Waals surface area (Å²) in [6.07, 6.45) is 10.7. The Kier molecular flexibility index (Phi) is 17.7. The van der Waals surface area contributed by atoms with Gasteiger partial charge in [-0.05, 0) is 57.7 Å². The lowest BCUT2D eigenvalue weighted by Gasteiger charge is -2.13. The minimum Gasteiger partial charge on any atom is -0.356 e. The number of carbonyl (C=O) groups excluding carboxylic acids is 11. The van der Waals surface area contributed by atoms with Crippen LogP contribution in [0.15, 0.2) is 67.6 Å². The van der Waals surface area contributed by atoms with Crippen LogP contribution in [-0.2, 0) is 47.0 Å². The van der Waals surface area contributed by atoms with E-state index in [9.17, 15) is 52.7 Å². The van der Waals surface area contributed by atoms with Crippen LogP contribution in [0.2, 0.25) is 0 Å². The summed E-state index contributed by atoms with van der Waals surface area (Å²) in [5.74, 6) is -7.16. The summed E-state index contributed by atoms with van der Waals surface area (Å²) >= 11 is 0. The number of imidazole rings is 3. The minimum atomic E-state index is -0.861. The number of hydrogen-bond acceptors (Lipinski definition) is 15. The highest BCUT2D eigenvalue weighted by atomic mass is 16.2. The van der Waals surface area contributed by atoms with Crippen molar-refractivity contribution in [1.82, 2.24) is 73.3 Å². The lowest BCUT2D eigenvalue weighted by molar-refractivity contribution is -0.121. The standard InChI is InChI=1S/C53H62N22O11/c1-29(76)58-38-25-71(6)44(65-38)51(84)57-15-11-43(79)63-39-26-73-28-72-23-32(61-53(86)46-67-40-27-75(46)74-24-33(62-52(85)45(73)66-39)20-37(74)48(81)55-12-7-9-42(78)64-40)19-36(72)50(83)60-31-18-35(70(5)22-31)49(82)59-30-17-34(69(4)21-30)47(80)56-14-10-41(77)54-13-8-16-68(2)3/h17-27H,7-16,28H2,1-6H3,(H,54,77)(H,55,81)(H,56,80)(H,57,84)(H,58,76)(H,59,82)(H,60,83)(H,61,86)(H,62,85)(H,63,79)(H,64,78). The number of hydrogen-bond donors (Lipinski definition) is 11. The second-order valence-corrected chi connectivity index (χ2v) is 20.4. The third kappa shape index (κ3) is 14.2. The summed E-state index contributed by atoms with van der Waals surface area (Å²) in [5, 5.41) is 29.7. The van der Waals surface area contributed by atoms with Gasteiger partial charge in [0.15, 0.2) is 17.5 Å². The van der Waals surface area contributed by atoms with Crippen molar-refractivity contribution in [3.8, 4) is 0 Å². The van der Waals surface area contributed by atoms with Gasteiger partial charge in [0.1, 0.15) is 29.4 Å². The maximum Gasteiger partial charge on any atom is 0.293 e. The van der Waals surface area contributed by atoms with E-state index >= 15 is 0 Å². The van der Waals surface area contributed by atoms with Crippen molar-refractivity contribution in [3.05, 3.63) is 108 Å². The fourth-order valence-corrected chi connectivity index (χ4v) is 9.25. The molecule has 0 fully saturated rings. The average Bonchev–Trinajstić information content (AvgIpc) is 2.03. The van der Waals surface area contributed by atoms with Gasteiger partial charge in [-0.1, -0.05) is 0 Å². The van der Waals surface area contributed by atoms with Gasteiger partial charge in [-0.25, -0.2) is 24.3 Å². The van der Waals surface area contributed by atoms with Crippen LogP contribution in [0.4, 0.5) is 40.2 Å². The number of nitrogens with zero attached hydrogens (tertiary/aromatic N) is 11. The van der Waals surface area contributed by atoms with Gasteiger partial charge in [-0.2, -0.15) is 0 Å². The van der Waals surface area contributed by atoms with E-state index in [0.29, 0.717) is 6.54 Å². The van der Waals surface area contributed by atoms with E-state index in [2.05, 4.69) is 73.4 Å². The quantitative estimate of drug-likeness (QED) is 0.0524. The molecule has 2 aliphatic heterocycles. The Morgan fingerprint density at radius 2 is 1.21 bits per heavy atom. The summed E-state index contributed by atoms with van der Waals surface area (Å²) in [5.41, 5.74) is 0.641. The molecule has 7 aromatic rings. The Bertz CT molecular complexity index is 3860. The molecule has 33 nitrogen and oxygen atoms in total. The minimum absolute atomic E-state index is 0.00612. The van der Waals surface area contributed by atoms with Gasteiger partial charge in [0.2, 0.25) is 41.1 Å². The Balaban J connectivity index is 0.960. The Morgan fingerprint density at radius 3 is 1.91 bits per heavy atom. The molecule has 9 rings (SSSR count). The predicted molar refractivity (Wildman–Crippen MR) is 309 cm³/mol. The largest absolute Gasteiger partial charge is 0.356 e. The van der Waals surface area contributed by atoms with Crippen LogP contribution in [0, 0.1) is 0 Å². The van der Waals surface area contributed by atoms with E-state index in [1.165, 1.54) is 107 Å². The van der Waals surface area contributed by atoms with Crippen molar-refractivity contribution in [2.24, 2.45) is 21.1 Å². The smallest absolute Gasteiger partial charge is 0.293 e. The second-order valence-electron chi connectivity index (χ2n) is 20.4. The van der Waals surface area contributed by atoms with E-state index in [1.807, 2.05) is 19.0 Å². The molecule has 0 spiro atoms. The normalized spacial score (nSPS) is 13.1. The summed E-state index contributed by atoms with van der Waals surface area (Å²) in [4.78, 5) is 162. The zero-order chi connectivity index (χ0) is 61.5. The maximum atomic E-state index is 14.5. The lowest BCUT2D eigenvalue weighted by Crippen LogP contribution is -2.32. The molecule has 0 unspecified atom stereocenters. The number of carbonyl (C=O) groups is 11. The number of fused-ring (bicyclic) bond motifs is 5. The van der Waals surface area contributed by atoms with Crippen LogP contribution in [-0.4, -0.2) is 164 Å². The maximum absolute atomic E-state index is 14.5. The molecule has 33 heteroatoms. The fraction of sp³-hybridized carbons (Fsp3) is 0.321. The molecule has 11 amide bonds. The van der Waals surface area contributed by atoms with Gasteiger partial charge in [-0.3, -0.25) is 52.7 Å². The first kappa shape index (κ1) is 59.5. The van der Waals surface area contributed by atoms with Crippen LogP contribution >= 0.6 is 0 Å². The van der Waals surface area contributed by atoms with Crippen molar-refractivity contribution in [2.75, 3.05) is 84.0 Å². The molecule has 0 aliphatic carbocycles. The molecule has 0 saturated carbocycles. The highest BCUT2D eigenvalue weighted by Crippen LogP contribution is 2.25. The molecule has 86 heavy (non-hydrogen) atoms. The molecular weight excluding hydrogens is 1120 g/mol. The van der Waals surface area contributed by atoms with Crippen molar-refractivity contribution in [1.29, 1.82) is 0 Å². The molecule has 0 saturated heterocycles. The third-order valence-corrected chi connectivity index (χ3v) is 13.2. The SMILES string of the molecule is CC(=O)Nc1cn(C)c(C(=O)NCCC(=O)Nc2cn3c(n2)C(=O)Nc2cc4n(c2)-n2cc(nc2C(=O)Nc2cc(C(=O)Nc5cc(C(=O)Nc6cc(C(=O)NCCC(=O)NCCCN(C)C)n(C)c6)n(C)c5)n(c2)C3)NC(=O)CCCNC4=O)n1. The van der Waals surface area contributed by atoms with E-state index in [1.54, 1.807) is 21.1 Å². The summed E-state index contributed by atoms with van der Waals surface area (Å²) < 4.78 is 9.48. The summed E-state index contributed by atoms with van der Waals surface area (Å²) in [6, 6.07) is 5.55. The lowest BCUT2D eigenvalue weighted by atomic mass is 10.3. The molecule has 11 N–H and O–H groups in total. The van der Waals surface area contributed by atoms with E-state index in [0.717, 1.165) is 13.0 Å². The zero-order valence-corrected chi connectivity index (χ0v) is 47.5. The second kappa shape index (κ2) is 25.6. The topological polar surface area (TPSA) is 397 Å². The first-order chi connectivity index (χ1) is 41.0. The number of aryl methyl sites for hydroxylation is 3. The molecule has 0 atom stereocenters. The average molecular weight is 1180 g/mol. The highest BCUT2D eigenvalue weighted by Gasteiger charge is 2.28. The van der Waals surface area contributed by atoms with Crippen LogP contribution in [0.3, 0.4) is 0 Å². The fourth-order valence-electron chi connectivity index (χ4n) is 9.25. The van der Waals surface area contributed by atoms with E-state index < -0.39 is 53.2 Å². The highest BCUT2D eigenvalue weighted by molar-refractivity contribution is 6.09. The first-order valence-corrected chi connectivity index (χ1v) is 26.9. The van der Waals surface area contributed by atoms with Gasteiger partial charge >= 0.3 is 0 Å². The molecule has 6 bridgehead atoms. The summed E-state index contributed by atoms with van der Waals surface area (Å²) in [7, 11) is 8.63. The number of amides is 11. The van der Waals surface area contributed by atoms with E-state index in [-0.39, 0.29) is 144 Å². The van der Waals surface area contributed by atoms with Gasteiger partial charge in [0, 0.05) is 98.3 Å². The summed E-state index contributed by atoms with van der Waals surface area (Å²) in [6.45, 7) is 2.27. The van der Waals surface area contributed by atoms with Crippen LogP contribution in [0.1, 0.15) is 113 Å². The number of nitrogens with one attached hydrogen (secondary N) is 11. The van der Waals surface area contributed by atoms with Crippen LogP contribution < -0.4 is 58.5 Å². The van der Waals surface area contributed by atoms with Crippen molar-refractivity contribution >= 4 is 105 Å². The predicted octanol–water partition coefficient (Wildman–Crippen LogP) is 0.600. The van der Waals surface area contributed by atoms with Gasteiger partial charge in [0.05, 0.1) is 41.3 Å². The monoisotopic (exact) mass is 1180 g/mol. The molecule has 450 valence electrons. The Morgan fingerprint density at radius 1 is 0.570 bits per heavy atom. The number of anilines is 7. The molecule has 0 aromatic carbocycles. The number of aromatic nitrogens is 10. The third-order valence-electron chi connectivity index (χ3n) is 13.2. The Hall–Kier alpha value is -11.1. The van der Waals surface area contributed by atoms with Crippen molar-refractivity contribution in [3.63, 3.8) is 0 Å². The Labute approximate surface area is 488 Å². The molecule has 0 radical (unpaired) electrons. The van der Waals surface area contributed by atoms with Gasteiger partial charge < -0.3 is 86.2 Å². The van der Waals surface area contributed by atoms with Crippen molar-refractivity contribution in [2.45, 2.75) is 45.7 Å². The van der Waals surface area contributed by atoms with E-state index in [4.69, 9.17) is 0 Å². The molecular formula is C53H62N22O11. The molecule has 9 heterocycles. The molecule has 7 aromatic heterocycles. The van der Waals surface area contributed by atoms with Crippen molar-refractivity contribution < 1.29 is 52.7 Å².